The van der Waals surface area contributed by atoms with Crippen molar-refractivity contribution < 1.29 is 53.4 Å². The molecular weight excluding hydrogens is 903 g/mol. The highest BCUT2D eigenvalue weighted by molar-refractivity contribution is 5.98. The summed E-state index contributed by atoms with van der Waals surface area (Å²) in [5, 5.41) is 40.0. The van der Waals surface area contributed by atoms with Crippen LogP contribution >= 0.6 is 0 Å². The molecule has 8 atom stereocenters. The monoisotopic (exact) mass is 961 g/mol. The molecule has 3 aliphatic rings. The summed E-state index contributed by atoms with van der Waals surface area (Å²) in [6, 6.07) is 12.2. The van der Waals surface area contributed by atoms with Crippen molar-refractivity contribution in [1.29, 1.82) is 0 Å². The van der Waals surface area contributed by atoms with Crippen molar-refractivity contribution >= 4 is 64.1 Å². The summed E-state index contributed by atoms with van der Waals surface area (Å²) in [7, 11) is 0. The first-order chi connectivity index (χ1) is 33.5. The van der Waals surface area contributed by atoms with Crippen LogP contribution < -0.4 is 37.2 Å². The van der Waals surface area contributed by atoms with Gasteiger partial charge in [-0.25, -0.2) is 4.79 Å². The van der Waals surface area contributed by atoms with E-state index in [4.69, 9.17) is 0 Å². The van der Waals surface area contributed by atoms with E-state index in [1.54, 1.807) is 91.3 Å². The third-order valence-electron chi connectivity index (χ3n) is 13.0. The van der Waals surface area contributed by atoms with Crippen LogP contribution in [-0.2, 0) is 62.4 Å². The van der Waals surface area contributed by atoms with Crippen molar-refractivity contribution in [2.75, 3.05) is 13.1 Å². The smallest absolute Gasteiger partial charge is 0.326 e. The highest BCUT2D eigenvalue weighted by Gasteiger charge is 2.41. The van der Waals surface area contributed by atoms with E-state index in [0.29, 0.717) is 46.9 Å². The minimum atomic E-state index is -1.49. The van der Waals surface area contributed by atoms with Crippen LogP contribution in [0.15, 0.2) is 85.1 Å². The van der Waals surface area contributed by atoms with Crippen LogP contribution in [0.1, 0.15) is 69.2 Å². The number of nitrogens with zero attached hydrogens (tertiary/aromatic N) is 2. The van der Waals surface area contributed by atoms with Crippen LogP contribution in [0, 0.1) is 5.92 Å². The Labute approximate surface area is 403 Å². The number of rotatable bonds is 12. The van der Waals surface area contributed by atoms with Crippen LogP contribution in [0.3, 0.4) is 0 Å². The van der Waals surface area contributed by atoms with Gasteiger partial charge in [0.15, 0.2) is 0 Å². The van der Waals surface area contributed by atoms with Crippen molar-refractivity contribution in [2.24, 2.45) is 5.92 Å². The Bertz CT molecular complexity index is 2640. The van der Waals surface area contributed by atoms with Gasteiger partial charge in [-0.05, 0) is 67.0 Å². The molecule has 20 nitrogen and oxygen atoms in total. The third kappa shape index (κ3) is 11.9. The minimum Gasteiger partial charge on any atom is -0.508 e. The van der Waals surface area contributed by atoms with Crippen LogP contribution in [-0.4, -0.2) is 128 Å². The van der Waals surface area contributed by atoms with Gasteiger partial charge in [-0.1, -0.05) is 74.5 Å². The van der Waals surface area contributed by atoms with E-state index >= 15 is 0 Å². The van der Waals surface area contributed by atoms with Gasteiger partial charge in [0.05, 0.1) is 0 Å². The Morgan fingerprint density at radius 1 is 0.771 bits per heavy atom. The molecule has 20 heteroatoms. The van der Waals surface area contributed by atoms with Gasteiger partial charge < -0.3 is 56.9 Å². The number of aromatic nitrogens is 1. The standard InChI is InChI=1S/C50H59N9O11/c1-27(2)42-48(67)55-36(22-29-10-5-4-6-11-29)45(64)52-28(3)43(62)56-37(50(69)70)24-31-26-59(38-13-8-7-12-33(31)38)40(47(66)57-42)25-51-44(63)35(23-30-15-17-32(60)18-16-30)54-46(65)39-14-9-21-58(39)49(68)34-19-20-41(61)53-34/h4-8,10-13,15-18,26-28,34-37,39-40,42,60H,9,14,19-25H2,1-3H3,(H,51,63)(H,52,64)(H,53,61)(H,54,65)(H,55,67)(H,56,62)(H,57,66)(H,69,70). The summed E-state index contributed by atoms with van der Waals surface area (Å²) in [4.78, 5) is 125. The van der Waals surface area contributed by atoms with Gasteiger partial charge in [-0.3, -0.25) is 38.4 Å². The second-order valence-corrected chi connectivity index (χ2v) is 18.4. The number of aliphatic carboxylic acids is 1. The first-order valence-electron chi connectivity index (χ1n) is 23.5. The molecule has 3 aromatic carbocycles. The molecule has 2 saturated heterocycles. The van der Waals surface area contributed by atoms with Crippen molar-refractivity contribution in [3.8, 4) is 5.75 Å². The zero-order valence-corrected chi connectivity index (χ0v) is 39.1. The molecule has 7 rings (SSSR count). The number of para-hydroxylation sites is 1. The van der Waals surface area contributed by atoms with E-state index in [1.807, 2.05) is 0 Å². The molecule has 370 valence electrons. The van der Waals surface area contributed by atoms with Gasteiger partial charge >= 0.3 is 5.97 Å². The average Bonchev–Trinajstić information content (AvgIpc) is 4.10. The molecule has 1 aromatic heterocycles. The van der Waals surface area contributed by atoms with Crippen LogP contribution in [0.4, 0.5) is 0 Å². The molecule has 8 unspecified atom stereocenters. The summed E-state index contributed by atoms with van der Waals surface area (Å²) >= 11 is 0. The van der Waals surface area contributed by atoms with E-state index in [2.05, 4.69) is 37.2 Å². The molecule has 4 aromatic rings. The fourth-order valence-corrected chi connectivity index (χ4v) is 9.18. The summed E-state index contributed by atoms with van der Waals surface area (Å²) in [6.45, 7) is 4.65. The van der Waals surface area contributed by atoms with E-state index in [9.17, 15) is 53.4 Å². The average molecular weight is 962 g/mol. The summed E-state index contributed by atoms with van der Waals surface area (Å²) in [5.74, 6) is -6.87. The zero-order valence-electron chi connectivity index (χ0n) is 39.1. The molecule has 0 spiro atoms. The number of amides is 8. The molecule has 0 radical (unpaired) electrons. The number of hydrogen-bond acceptors (Lipinski definition) is 10. The number of fused-ring (bicyclic) bond motifs is 5. The lowest BCUT2D eigenvalue weighted by Crippen LogP contribution is -2.59. The van der Waals surface area contributed by atoms with Gasteiger partial charge in [0.1, 0.15) is 54.1 Å². The lowest BCUT2D eigenvalue weighted by molar-refractivity contribution is -0.142. The second kappa shape index (κ2) is 22.1. The van der Waals surface area contributed by atoms with Gasteiger partial charge in [0, 0.05) is 55.9 Å². The Morgan fingerprint density at radius 2 is 1.49 bits per heavy atom. The van der Waals surface area contributed by atoms with Gasteiger partial charge in [-0.2, -0.15) is 0 Å². The molecule has 4 heterocycles. The summed E-state index contributed by atoms with van der Waals surface area (Å²) in [5.41, 5.74) is 2.11. The van der Waals surface area contributed by atoms with E-state index in [0.717, 1.165) is 0 Å². The highest BCUT2D eigenvalue weighted by atomic mass is 16.4. The lowest BCUT2D eigenvalue weighted by Gasteiger charge is -2.29. The maximum Gasteiger partial charge on any atom is 0.326 e. The molecule has 70 heavy (non-hydrogen) atoms. The van der Waals surface area contributed by atoms with E-state index in [-0.39, 0.29) is 43.9 Å². The lowest BCUT2D eigenvalue weighted by atomic mass is 10.00. The van der Waals surface area contributed by atoms with E-state index < -0.39 is 108 Å². The number of carboxylic acids is 1. The largest absolute Gasteiger partial charge is 0.508 e. The SMILES string of the molecule is CC1NC(=O)C(Cc2ccccc2)NC(=O)C(C(C)C)NC(=O)C(CNC(=O)C(Cc2ccc(O)cc2)NC(=O)C2CCCN2C(=O)C2CCC(=O)N2)n2cc(c3ccccc32)CC(C(=O)O)NC1=O. The maximum atomic E-state index is 14.9. The van der Waals surface area contributed by atoms with Crippen molar-refractivity contribution in [3.05, 3.63) is 102 Å². The molecular formula is C50H59N9O11. The molecule has 9 N–H and O–H groups in total. The Balaban J connectivity index is 1.22. The highest BCUT2D eigenvalue weighted by Crippen LogP contribution is 2.27. The molecule has 8 amide bonds. The third-order valence-corrected chi connectivity index (χ3v) is 13.0. The number of benzene rings is 3. The predicted molar refractivity (Wildman–Crippen MR) is 253 cm³/mol. The predicted octanol–water partition coefficient (Wildman–Crippen LogP) is 0.500. The number of carbonyl (C=O) groups excluding carboxylic acids is 8. The van der Waals surface area contributed by atoms with E-state index in [1.165, 1.54) is 24.0 Å². The fourth-order valence-electron chi connectivity index (χ4n) is 9.18. The van der Waals surface area contributed by atoms with Gasteiger partial charge in [0.2, 0.25) is 47.3 Å². The number of hydrogen-bond donors (Lipinski definition) is 9. The normalized spacial score (nSPS) is 23.9. The number of aromatic hydroxyl groups is 1. The number of likely N-dealkylation sites (tertiary alicyclic amines) is 1. The molecule has 3 aliphatic heterocycles. The maximum absolute atomic E-state index is 14.9. The number of phenolic OH excluding ortho intramolecular Hbond substituents is 1. The first-order valence-corrected chi connectivity index (χ1v) is 23.5. The molecule has 0 saturated carbocycles. The van der Waals surface area contributed by atoms with Crippen LogP contribution in [0.25, 0.3) is 10.9 Å². The minimum absolute atomic E-state index is 0.00539. The number of carbonyl (C=O) groups is 9. The van der Waals surface area contributed by atoms with Gasteiger partial charge in [0.25, 0.3) is 0 Å². The number of nitrogens with one attached hydrogen (secondary N) is 7. The van der Waals surface area contributed by atoms with Crippen molar-refractivity contribution in [3.63, 3.8) is 0 Å². The fraction of sp³-hybridized carbons (Fsp3) is 0.420. The molecule has 0 aliphatic carbocycles. The van der Waals surface area contributed by atoms with Crippen molar-refractivity contribution in [2.45, 2.75) is 114 Å². The molecule has 2 bridgehead atoms. The van der Waals surface area contributed by atoms with Crippen molar-refractivity contribution in [1.82, 2.24) is 46.7 Å². The molecule has 2 fully saturated rings. The van der Waals surface area contributed by atoms with Crippen LogP contribution in [0.5, 0.6) is 5.75 Å². The first kappa shape index (κ1) is 50.1. The Hall–Kier alpha value is -7.77. The Morgan fingerprint density at radius 3 is 2.17 bits per heavy atom. The van der Waals surface area contributed by atoms with Crippen LogP contribution in [0.2, 0.25) is 0 Å². The Kier molecular flexibility index (Phi) is 15.8. The second-order valence-electron chi connectivity index (χ2n) is 18.4. The van der Waals surface area contributed by atoms with Gasteiger partial charge in [-0.15, -0.1) is 0 Å². The summed E-state index contributed by atoms with van der Waals surface area (Å²) in [6.07, 6.45) is 2.55. The topological polar surface area (TPSA) is 286 Å². The number of carboxylic acid groups (broad SMARTS) is 1. The quantitative estimate of drug-likeness (QED) is 0.0943. The number of phenols is 1. The zero-order chi connectivity index (χ0) is 50.2. The summed E-state index contributed by atoms with van der Waals surface area (Å²) < 4.78 is 1.55.